The number of H-pyrrole nitrogens is 1. The Labute approximate surface area is 110 Å². The third kappa shape index (κ3) is 2.37. The van der Waals surface area contributed by atoms with E-state index in [2.05, 4.69) is 25.6 Å². The van der Waals surface area contributed by atoms with E-state index in [9.17, 15) is 0 Å². The quantitative estimate of drug-likeness (QED) is 0.572. The molecule has 0 atom stereocenters. The third-order valence-corrected chi connectivity index (χ3v) is 3.08. The van der Waals surface area contributed by atoms with Gasteiger partial charge in [0.1, 0.15) is 5.82 Å². The van der Waals surface area contributed by atoms with E-state index in [0.29, 0.717) is 23.5 Å². The van der Waals surface area contributed by atoms with Gasteiger partial charge in [0.25, 0.3) is 0 Å². The van der Waals surface area contributed by atoms with Gasteiger partial charge in [-0.2, -0.15) is 4.98 Å². The summed E-state index contributed by atoms with van der Waals surface area (Å²) in [6.45, 7) is 3.77. The number of ether oxygens (including phenoxy) is 1. The molecule has 2 aromatic rings. The van der Waals surface area contributed by atoms with Crippen molar-refractivity contribution in [3.8, 4) is 11.8 Å². The van der Waals surface area contributed by atoms with Crippen LogP contribution in [0, 0.1) is 13.8 Å². The molecule has 2 aromatic heterocycles. The second-order valence-electron chi connectivity index (χ2n) is 4.77. The second-order valence-corrected chi connectivity index (χ2v) is 4.77. The van der Waals surface area contributed by atoms with Gasteiger partial charge in [0.2, 0.25) is 11.8 Å². The lowest BCUT2D eigenvalue weighted by molar-refractivity contribution is 0.436. The van der Waals surface area contributed by atoms with Crippen LogP contribution < -0.4 is 16.0 Å². The fourth-order valence-electron chi connectivity index (χ4n) is 1.82. The molecule has 100 valence electrons. The predicted molar refractivity (Wildman–Crippen MR) is 70.0 cm³/mol. The van der Waals surface area contributed by atoms with Crippen LogP contribution in [0.1, 0.15) is 35.8 Å². The van der Waals surface area contributed by atoms with Gasteiger partial charge >= 0.3 is 0 Å². The van der Waals surface area contributed by atoms with E-state index in [-0.39, 0.29) is 0 Å². The average Bonchev–Trinajstić information content (AvgIpc) is 3.16. The van der Waals surface area contributed by atoms with E-state index in [0.717, 1.165) is 29.9 Å². The summed E-state index contributed by atoms with van der Waals surface area (Å²) in [6, 6.07) is 1.81. The summed E-state index contributed by atoms with van der Waals surface area (Å²) in [5.41, 5.74) is 4.29. The van der Waals surface area contributed by atoms with Gasteiger partial charge in [0, 0.05) is 17.7 Å². The zero-order chi connectivity index (χ0) is 13.4. The van der Waals surface area contributed by atoms with Crippen LogP contribution in [0.25, 0.3) is 0 Å². The van der Waals surface area contributed by atoms with Gasteiger partial charge in [-0.3, -0.25) is 5.10 Å². The Bertz CT molecular complexity index is 604. The molecule has 0 spiro atoms. The van der Waals surface area contributed by atoms with Crippen molar-refractivity contribution < 1.29 is 4.74 Å². The number of hydrogen-bond acceptors (Lipinski definition) is 6. The minimum atomic E-state index is 0.427. The number of hydrazine groups is 1. The zero-order valence-corrected chi connectivity index (χ0v) is 10.9. The lowest BCUT2D eigenvalue weighted by atomic mass is 10.3. The number of hydrogen-bond donors (Lipinski definition) is 3. The van der Waals surface area contributed by atoms with E-state index in [1.807, 2.05) is 19.9 Å². The number of nitrogens with two attached hydrogens (primary N) is 1. The molecule has 0 unspecified atom stereocenters. The number of nitrogens with one attached hydrogen (secondary N) is 2. The first-order valence-electron chi connectivity index (χ1n) is 6.22. The van der Waals surface area contributed by atoms with Crippen LogP contribution in [0.4, 0.5) is 5.82 Å². The summed E-state index contributed by atoms with van der Waals surface area (Å²) in [4.78, 5) is 8.87. The van der Waals surface area contributed by atoms with Gasteiger partial charge in [-0.25, -0.2) is 10.8 Å². The van der Waals surface area contributed by atoms with Crippen LogP contribution in [0.2, 0.25) is 0 Å². The fourth-order valence-corrected chi connectivity index (χ4v) is 1.82. The van der Waals surface area contributed by atoms with Gasteiger partial charge in [-0.15, -0.1) is 5.10 Å². The van der Waals surface area contributed by atoms with Crippen molar-refractivity contribution in [3.05, 3.63) is 23.1 Å². The Morgan fingerprint density at radius 2 is 2.16 bits per heavy atom. The van der Waals surface area contributed by atoms with Gasteiger partial charge in [0.15, 0.2) is 5.82 Å². The first kappa shape index (κ1) is 11.9. The molecule has 0 radical (unpaired) electrons. The first-order valence-corrected chi connectivity index (χ1v) is 6.22. The van der Waals surface area contributed by atoms with Crippen molar-refractivity contribution in [2.45, 2.75) is 32.6 Å². The molecule has 1 fully saturated rings. The molecule has 0 aromatic carbocycles. The van der Waals surface area contributed by atoms with Crippen LogP contribution in [0.3, 0.4) is 0 Å². The molecule has 1 aliphatic carbocycles. The monoisotopic (exact) mass is 260 g/mol. The lowest BCUT2D eigenvalue weighted by Gasteiger charge is -2.11. The molecule has 0 amide bonds. The van der Waals surface area contributed by atoms with Gasteiger partial charge in [-0.1, -0.05) is 0 Å². The topological polar surface area (TPSA) is 102 Å². The molecule has 0 aliphatic heterocycles. The normalized spacial score (nSPS) is 14.5. The summed E-state index contributed by atoms with van der Waals surface area (Å²) in [7, 11) is 0. The Morgan fingerprint density at radius 1 is 1.37 bits per heavy atom. The van der Waals surface area contributed by atoms with Gasteiger partial charge in [-0.05, 0) is 26.7 Å². The molecule has 1 aliphatic rings. The molecule has 0 bridgehead atoms. The highest BCUT2D eigenvalue weighted by atomic mass is 16.5. The van der Waals surface area contributed by atoms with Crippen molar-refractivity contribution in [1.29, 1.82) is 0 Å². The van der Waals surface area contributed by atoms with Crippen molar-refractivity contribution in [1.82, 2.24) is 20.2 Å². The van der Waals surface area contributed by atoms with E-state index in [1.54, 1.807) is 0 Å². The van der Waals surface area contributed by atoms with Crippen LogP contribution in [0.5, 0.6) is 11.8 Å². The Morgan fingerprint density at radius 3 is 2.74 bits per heavy atom. The van der Waals surface area contributed by atoms with Crippen molar-refractivity contribution in [2.75, 3.05) is 5.43 Å². The molecule has 7 heteroatoms. The van der Waals surface area contributed by atoms with Crippen LogP contribution in [-0.4, -0.2) is 20.2 Å². The smallest absolute Gasteiger partial charge is 0.240 e. The molecule has 2 heterocycles. The summed E-state index contributed by atoms with van der Waals surface area (Å²) in [5, 5.41) is 6.87. The number of anilines is 1. The number of aromatic amines is 1. The number of nitrogens with zero attached hydrogens (tertiary/aromatic N) is 3. The average molecular weight is 260 g/mol. The zero-order valence-electron chi connectivity index (χ0n) is 10.9. The van der Waals surface area contributed by atoms with E-state index < -0.39 is 0 Å². The number of aryl methyl sites for hydroxylation is 1. The highest BCUT2D eigenvalue weighted by molar-refractivity contribution is 5.49. The summed E-state index contributed by atoms with van der Waals surface area (Å²) in [6.07, 6.45) is 2.24. The fraction of sp³-hybridized carbons (Fsp3) is 0.417. The maximum Gasteiger partial charge on any atom is 0.240 e. The van der Waals surface area contributed by atoms with Gasteiger partial charge < -0.3 is 10.2 Å². The Balaban J connectivity index is 1.96. The maximum atomic E-state index is 5.70. The van der Waals surface area contributed by atoms with Crippen molar-refractivity contribution >= 4 is 5.82 Å². The van der Waals surface area contributed by atoms with Crippen molar-refractivity contribution in [3.63, 3.8) is 0 Å². The Hall–Kier alpha value is -2.15. The SMILES string of the molecule is Cc1cc(Oc2nc(C3CC3)nc(NN)c2C)n[nH]1. The van der Waals surface area contributed by atoms with Crippen LogP contribution in [0.15, 0.2) is 6.07 Å². The third-order valence-electron chi connectivity index (χ3n) is 3.08. The molecule has 1 saturated carbocycles. The van der Waals surface area contributed by atoms with Crippen LogP contribution >= 0.6 is 0 Å². The molecule has 7 nitrogen and oxygen atoms in total. The molecular formula is C12H16N6O. The molecular weight excluding hydrogens is 244 g/mol. The highest BCUT2D eigenvalue weighted by Crippen LogP contribution is 2.40. The van der Waals surface area contributed by atoms with E-state index in [1.165, 1.54) is 0 Å². The lowest BCUT2D eigenvalue weighted by Crippen LogP contribution is -2.13. The number of rotatable bonds is 4. The van der Waals surface area contributed by atoms with E-state index in [4.69, 9.17) is 10.6 Å². The molecule has 4 N–H and O–H groups in total. The standard InChI is InChI=1S/C12H16N6O/c1-6-5-9(18-17-6)19-12-7(2)10(16-13)14-11(15-12)8-3-4-8/h5,8H,3-4,13H2,1-2H3,(H,17,18)(H,14,15,16). The minimum absolute atomic E-state index is 0.427. The molecule has 19 heavy (non-hydrogen) atoms. The molecule has 0 saturated heterocycles. The first-order chi connectivity index (χ1) is 9.17. The second kappa shape index (κ2) is 4.51. The Kier molecular flexibility index (Phi) is 2.83. The number of aromatic nitrogens is 4. The largest absolute Gasteiger partial charge is 0.419 e. The van der Waals surface area contributed by atoms with Gasteiger partial charge in [0.05, 0.1) is 5.56 Å². The van der Waals surface area contributed by atoms with Crippen molar-refractivity contribution in [2.24, 2.45) is 5.84 Å². The minimum Gasteiger partial charge on any atom is -0.419 e. The summed E-state index contributed by atoms with van der Waals surface area (Å²) < 4.78 is 5.70. The highest BCUT2D eigenvalue weighted by Gasteiger charge is 2.28. The van der Waals surface area contributed by atoms with Crippen LogP contribution in [-0.2, 0) is 0 Å². The van der Waals surface area contributed by atoms with E-state index >= 15 is 0 Å². The number of nitrogen functional groups attached to an aromatic ring is 1. The predicted octanol–water partition coefficient (Wildman–Crippen LogP) is 1.77. The molecule has 3 rings (SSSR count). The summed E-state index contributed by atoms with van der Waals surface area (Å²) in [5.74, 6) is 8.28. The summed E-state index contributed by atoms with van der Waals surface area (Å²) >= 11 is 0. The maximum absolute atomic E-state index is 5.70.